The number of benzene rings is 3. The molecule has 0 aliphatic carbocycles. The fourth-order valence-electron chi connectivity index (χ4n) is 3.39. The maximum absolute atomic E-state index is 13.1. The van der Waals surface area contributed by atoms with Crippen molar-refractivity contribution in [3.8, 4) is 11.4 Å². The van der Waals surface area contributed by atoms with Crippen molar-refractivity contribution >= 4 is 33.5 Å². The number of hydrogen-bond acceptors (Lipinski definition) is 4. The van der Waals surface area contributed by atoms with Gasteiger partial charge in [0.1, 0.15) is 22.7 Å². The molecule has 5 aromatic rings. The van der Waals surface area contributed by atoms with Crippen LogP contribution >= 0.6 is 0 Å². The molecular weight excluding hydrogens is 385 g/mol. The van der Waals surface area contributed by atoms with Crippen LogP contribution in [0.3, 0.4) is 0 Å². The van der Waals surface area contributed by atoms with Crippen LogP contribution < -0.4 is 10.1 Å². The zero-order chi connectivity index (χ0) is 20.7. The van der Waals surface area contributed by atoms with Crippen LogP contribution in [0, 0.1) is 5.82 Å². The van der Waals surface area contributed by atoms with Crippen LogP contribution in [-0.2, 0) is 0 Å². The van der Waals surface area contributed by atoms with Crippen molar-refractivity contribution in [3.05, 3.63) is 84.4 Å². The number of methoxy groups -OCH3 is 1. The number of nitrogens with one attached hydrogen (secondary N) is 1. The monoisotopic (exact) mass is 401 g/mol. The zero-order valence-electron chi connectivity index (χ0n) is 15.9. The highest BCUT2D eigenvalue weighted by Gasteiger charge is 2.16. The average Bonchev–Trinajstić information content (AvgIpc) is 3.38. The molecule has 3 aromatic carbocycles. The van der Waals surface area contributed by atoms with Crippen molar-refractivity contribution in [2.45, 2.75) is 0 Å². The summed E-state index contributed by atoms with van der Waals surface area (Å²) in [6, 6.07) is 18.7. The second-order valence-corrected chi connectivity index (χ2v) is 6.72. The summed E-state index contributed by atoms with van der Waals surface area (Å²) in [5.41, 5.74) is 2.74. The fraction of sp³-hybridized carbons (Fsp3) is 0.0435. The maximum atomic E-state index is 13.1. The van der Waals surface area contributed by atoms with E-state index in [9.17, 15) is 9.18 Å². The Morgan fingerprint density at radius 2 is 1.83 bits per heavy atom. The standard InChI is InChI=1S/C23H16FN3O3/c1-29-22-12-17-16-4-2-3-5-20(16)30-21(17)13-19(22)25-23(28)18-10-11-27(26-18)15-8-6-14(24)7-9-15/h2-13H,1H3,(H,25,28). The van der Waals surface area contributed by atoms with E-state index in [4.69, 9.17) is 9.15 Å². The summed E-state index contributed by atoms with van der Waals surface area (Å²) in [5, 5.41) is 8.98. The number of carbonyl (C=O) groups is 1. The summed E-state index contributed by atoms with van der Waals surface area (Å²) >= 11 is 0. The molecule has 0 atom stereocenters. The Hall–Kier alpha value is -4.13. The number of anilines is 1. The van der Waals surface area contributed by atoms with Gasteiger partial charge in [-0.15, -0.1) is 0 Å². The molecule has 0 aliphatic heterocycles. The lowest BCUT2D eigenvalue weighted by Crippen LogP contribution is -2.14. The van der Waals surface area contributed by atoms with Gasteiger partial charge in [0.15, 0.2) is 5.69 Å². The summed E-state index contributed by atoms with van der Waals surface area (Å²) in [6.07, 6.45) is 1.64. The van der Waals surface area contributed by atoms with Crippen LogP contribution in [0.5, 0.6) is 5.75 Å². The maximum Gasteiger partial charge on any atom is 0.276 e. The Labute approximate surface area is 170 Å². The van der Waals surface area contributed by atoms with Crippen LogP contribution in [0.2, 0.25) is 0 Å². The van der Waals surface area contributed by atoms with Crippen LogP contribution in [0.15, 0.2) is 77.3 Å². The van der Waals surface area contributed by atoms with E-state index in [1.807, 2.05) is 30.3 Å². The predicted octanol–water partition coefficient (Wildman–Crippen LogP) is 5.17. The lowest BCUT2D eigenvalue weighted by Gasteiger charge is -2.09. The van der Waals surface area contributed by atoms with Crippen LogP contribution in [0.25, 0.3) is 27.6 Å². The van der Waals surface area contributed by atoms with Crippen molar-refractivity contribution < 1.29 is 18.3 Å². The number of ether oxygens (including phenoxy) is 1. The summed E-state index contributed by atoms with van der Waals surface area (Å²) in [4.78, 5) is 12.8. The number of para-hydroxylation sites is 1. The third kappa shape index (κ3) is 3.06. The van der Waals surface area contributed by atoms with E-state index >= 15 is 0 Å². The van der Waals surface area contributed by atoms with E-state index in [0.29, 0.717) is 22.7 Å². The minimum absolute atomic E-state index is 0.214. The Morgan fingerprint density at radius 1 is 1.03 bits per heavy atom. The van der Waals surface area contributed by atoms with Gasteiger partial charge >= 0.3 is 0 Å². The lowest BCUT2D eigenvalue weighted by atomic mass is 10.1. The number of furan rings is 1. The van der Waals surface area contributed by atoms with E-state index < -0.39 is 5.91 Å². The van der Waals surface area contributed by atoms with E-state index in [1.165, 1.54) is 16.8 Å². The number of amides is 1. The van der Waals surface area contributed by atoms with Gasteiger partial charge in [0.2, 0.25) is 0 Å². The number of halogens is 1. The first kappa shape index (κ1) is 17.9. The summed E-state index contributed by atoms with van der Waals surface area (Å²) in [5.74, 6) is -0.220. The molecule has 0 spiro atoms. The van der Waals surface area contributed by atoms with Crippen molar-refractivity contribution in [1.82, 2.24) is 9.78 Å². The molecule has 0 saturated heterocycles. The lowest BCUT2D eigenvalue weighted by molar-refractivity contribution is 0.102. The molecule has 6 nitrogen and oxygen atoms in total. The molecule has 2 aromatic heterocycles. The number of fused-ring (bicyclic) bond motifs is 3. The first-order chi connectivity index (χ1) is 14.6. The first-order valence-electron chi connectivity index (χ1n) is 9.24. The van der Waals surface area contributed by atoms with Gasteiger partial charge in [0.25, 0.3) is 5.91 Å². The second-order valence-electron chi connectivity index (χ2n) is 6.72. The molecule has 1 amide bonds. The Balaban J connectivity index is 1.47. The molecule has 0 saturated carbocycles. The largest absolute Gasteiger partial charge is 0.495 e. The van der Waals surface area contributed by atoms with Gasteiger partial charge < -0.3 is 14.5 Å². The van der Waals surface area contributed by atoms with Crippen LogP contribution in [0.4, 0.5) is 10.1 Å². The molecule has 148 valence electrons. The normalized spacial score (nSPS) is 11.1. The smallest absolute Gasteiger partial charge is 0.276 e. The number of rotatable bonds is 4. The highest BCUT2D eigenvalue weighted by molar-refractivity contribution is 6.09. The number of carbonyl (C=O) groups excluding carboxylic acids is 1. The Bertz CT molecular complexity index is 1390. The van der Waals surface area contributed by atoms with E-state index in [2.05, 4.69) is 10.4 Å². The third-order valence-corrected chi connectivity index (χ3v) is 4.86. The van der Waals surface area contributed by atoms with Gasteiger partial charge in [-0.05, 0) is 42.5 Å². The number of nitrogens with zero attached hydrogens (tertiary/aromatic N) is 2. The number of hydrogen-bond donors (Lipinski definition) is 1. The quantitative estimate of drug-likeness (QED) is 0.451. The van der Waals surface area contributed by atoms with E-state index in [1.54, 1.807) is 37.6 Å². The van der Waals surface area contributed by atoms with Crippen molar-refractivity contribution in [3.63, 3.8) is 0 Å². The molecular formula is C23H16FN3O3. The number of aromatic nitrogens is 2. The molecule has 30 heavy (non-hydrogen) atoms. The molecule has 1 N–H and O–H groups in total. The van der Waals surface area contributed by atoms with E-state index in [-0.39, 0.29) is 11.5 Å². The Morgan fingerprint density at radius 3 is 2.63 bits per heavy atom. The summed E-state index contributed by atoms with van der Waals surface area (Å²) < 4.78 is 26.0. The zero-order valence-corrected chi connectivity index (χ0v) is 15.9. The predicted molar refractivity (Wildman–Crippen MR) is 112 cm³/mol. The molecule has 0 bridgehead atoms. The van der Waals surface area contributed by atoms with Gasteiger partial charge in [0.05, 0.1) is 18.5 Å². The van der Waals surface area contributed by atoms with Gasteiger partial charge in [-0.1, -0.05) is 18.2 Å². The van der Waals surface area contributed by atoms with Crippen molar-refractivity contribution in [2.24, 2.45) is 0 Å². The van der Waals surface area contributed by atoms with Gasteiger partial charge in [-0.25, -0.2) is 9.07 Å². The molecule has 7 heteroatoms. The average molecular weight is 401 g/mol. The van der Waals surface area contributed by atoms with E-state index in [0.717, 1.165) is 16.4 Å². The van der Waals surface area contributed by atoms with Crippen LogP contribution in [-0.4, -0.2) is 22.8 Å². The Kier molecular flexibility index (Phi) is 4.21. The van der Waals surface area contributed by atoms with Crippen molar-refractivity contribution in [1.29, 1.82) is 0 Å². The minimum Gasteiger partial charge on any atom is -0.495 e. The second kappa shape index (κ2) is 7.04. The van der Waals surface area contributed by atoms with Crippen molar-refractivity contribution in [2.75, 3.05) is 12.4 Å². The SMILES string of the molecule is COc1cc2c(cc1NC(=O)c1ccn(-c3ccc(F)cc3)n1)oc1ccccc12. The third-order valence-electron chi connectivity index (χ3n) is 4.86. The summed E-state index contributed by atoms with van der Waals surface area (Å²) in [7, 11) is 1.54. The molecule has 2 heterocycles. The molecule has 0 aliphatic rings. The highest BCUT2D eigenvalue weighted by Crippen LogP contribution is 2.36. The topological polar surface area (TPSA) is 69.3 Å². The van der Waals surface area contributed by atoms with Gasteiger partial charge in [-0.2, -0.15) is 5.10 Å². The highest BCUT2D eigenvalue weighted by atomic mass is 19.1. The molecule has 5 rings (SSSR count). The summed E-state index contributed by atoms with van der Waals surface area (Å²) in [6.45, 7) is 0. The molecule has 0 unspecified atom stereocenters. The minimum atomic E-state index is -0.398. The first-order valence-corrected chi connectivity index (χ1v) is 9.24. The molecule has 0 fully saturated rings. The van der Waals surface area contributed by atoms with Gasteiger partial charge in [-0.3, -0.25) is 4.79 Å². The van der Waals surface area contributed by atoms with Crippen LogP contribution in [0.1, 0.15) is 10.5 Å². The van der Waals surface area contributed by atoms with Gasteiger partial charge in [0, 0.05) is 23.0 Å². The molecule has 0 radical (unpaired) electrons. The fourth-order valence-corrected chi connectivity index (χ4v) is 3.39.